The first-order chi connectivity index (χ1) is 14.0. The molecule has 1 atom stereocenters. The standard InChI is InChI=1S/C22H23N3O2S2/c1-13(20(26)25-12-6-8-14-7-3-4-10-16(14)25)28-22-23-19-18(21(27)24(22)2)15-9-5-11-17(15)29-19/h3-4,7,10,13H,5-6,8-9,11-12H2,1-2H3. The van der Waals surface area contributed by atoms with Gasteiger partial charge in [-0.3, -0.25) is 14.2 Å². The summed E-state index contributed by atoms with van der Waals surface area (Å²) in [6.45, 7) is 2.65. The van der Waals surface area contributed by atoms with Gasteiger partial charge in [0.05, 0.1) is 10.6 Å². The number of aromatic nitrogens is 2. The SMILES string of the molecule is CC(Sc1nc2sc3c(c2c(=O)n1C)CCC3)C(=O)N1CCCc2ccccc21. The Balaban J connectivity index is 1.45. The van der Waals surface area contributed by atoms with Crippen molar-refractivity contribution < 1.29 is 4.79 Å². The van der Waals surface area contributed by atoms with E-state index in [4.69, 9.17) is 4.98 Å². The molecule has 5 nitrogen and oxygen atoms in total. The number of amides is 1. The molecule has 3 aromatic rings. The van der Waals surface area contributed by atoms with Crippen LogP contribution in [0.3, 0.4) is 0 Å². The number of rotatable bonds is 3. The predicted octanol–water partition coefficient (Wildman–Crippen LogP) is 3.94. The lowest BCUT2D eigenvalue weighted by molar-refractivity contribution is -0.117. The van der Waals surface area contributed by atoms with Crippen molar-refractivity contribution in [1.29, 1.82) is 0 Å². The van der Waals surface area contributed by atoms with E-state index in [0.29, 0.717) is 5.16 Å². The molecule has 3 heterocycles. The maximum atomic E-state index is 13.2. The van der Waals surface area contributed by atoms with E-state index in [1.165, 1.54) is 27.8 Å². The van der Waals surface area contributed by atoms with Crippen molar-refractivity contribution in [2.45, 2.75) is 49.4 Å². The third-order valence-corrected chi connectivity index (χ3v) is 8.23. The van der Waals surface area contributed by atoms with Gasteiger partial charge in [-0.05, 0) is 56.2 Å². The van der Waals surface area contributed by atoms with Crippen LogP contribution in [-0.4, -0.2) is 27.3 Å². The number of hydrogen-bond acceptors (Lipinski definition) is 5. The Kier molecular flexibility index (Phi) is 4.75. The molecule has 1 aliphatic carbocycles. The number of anilines is 1. The quantitative estimate of drug-likeness (QED) is 0.471. The molecule has 2 aromatic heterocycles. The lowest BCUT2D eigenvalue weighted by atomic mass is 10.0. The Bertz CT molecular complexity index is 1180. The molecule has 0 spiro atoms. The first-order valence-corrected chi connectivity index (χ1v) is 11.8. The summed E-state index contributed by atoms with van der Waals surface area (Å²) in [5.41, 5.74) is 3.45. The molecule has 5 rings (SSSR count). The second-order valence-corrected chi connectivity index (χ2v) is 10.2. The average Bonchev–Trinajstić information content (AvgIpc) is 3.31. The summed E-state index contributed by atoms with van der Waals surface area (Å²) in [7, 11) is 1.77. The summed E-state index contributed by atoms with van der Waals surface area (Å²) in [6.07, 6.45) is 5.13. The number of thioether (sulfide) groups is 1. The van der Waals surface area contributed by atoms with Crippen LogP contribution in [0.5, 0.6) is 0 Å². The van der Waals surface area contributed by atoms with Crippen LogP contribution < -0.4 is 10.5 Å². The van der Waals surface area contributed by atoms with Crippen LogP contribution in [0.2, 0.25) is 0 Å². The minimum Gasteiger partial charge on any atom is -0.311 e. The summed E-state index contributed by atoms with van der Waals surface area (Å²) in [4.78, 5) is 35.0. The molecule has 0 N–H and O–H groups in total. The number of nitrogens with zero attached hydrogens (tertiary/aromatic N) is 3. The van der Waals surface area contributed by atoms with Gasteiger partial charge >= 0.3 is 0 Å². The van der Waals surface area contributed by atoms with E-state index in [1.807, 2.05) is 30.0 Å². The molecular formula is C22H23N3O2S2. The van der Waals surface area contributed by atoms with Crippen LogP contribution >= 0.6 is 23.1 Å². The molecule has 150 valence electrons. The van der Waals surface area contributed by atoms with Crippen molar-refractivity contribution >= 4 is 44.9 Å². The highest BCUT2D eigenvalue weighted by Gasteiger charge is 2.28. The van der Waals surface area contributed by atoms with Crippen molar-refractivity contribution in [3.8, 4) is 0 Å². The van der Waals surface area contributed by atoms with Crippen LogP contribution in [0.25, 0.3) is 10.2 Å². The number of hydrogen-bond donors (Lipinski definition) is 0. The van der Waals surface area contributed by atoms with Gasteiger partial charge in [0.25, 0.3) is 5.56 Å². The van der Waals surface area contributed by atoms with Crippen LogP contribution in [-0.2, 0) is 31.1 Å². The van der Waals surface area contributed by atoms with Crippen LogP contribution in [0, 0.1) is 0 Å². The summed E-state index contributed by atoms with van der Waals surface area (Å²) in [6, 6.07) is 8.13. The van der Waals surface area contributed by atoms with Gasteiger partial charge in [-0.25, -0.2) is 4.98 Å². The molecule has 0 fully saturated rings. The van der Waals surface area contributed by atoms with Gasteiger partial charge in [0.1, 0.15) is 4.83 Å². The molecule has 1 amide bonds. The number of para-hydroxylation sites is 1. The first kappa shape index (κ1) is 18.9. The molecule has 1 aliphatic heterocycles. The molecule has 0 saturated carbocycles. The van der Waals surface area contributed by atoms with E-state index in [-0.39, 0.29) is 16.7 Å². The number of benzene rings is 1. The molecule has 7 heteroatoms. The third-order valence-electron chi connectivity index (χ3n) is 5.91. The Morgan fingerprint density at radius 3 is 2.90 bits per heavy atom. The second kappa shape index (κ2) is 7.29. The molecule has 2 aliphatic rings. The lowest BCUT2D eigenvalue weighted by Crippen LogP contribution is -2.40. The normalized spacial score (nSPS) is 16.7. The van der Waals surface area contributed by atoms with Gasteiger partial charge in [0.15, 0.2) is 5.16 Å². The first-order valence-electron chi connectivity index (χ1n) is 10.1. The van der Waals surface area contributed by atoms with Crippen molar-refractivity contribution in [1.82, 2.24) is 9.55 Å². The Labute approximate surface area is 177 Å². The smallest absolute Gasteiger partial charge is 0.262 e. The number of aryl methyl sites for hydroxylation is 3. The number of carbonyl (C=O) groups is 1. The third kappa shape index (κ3) is 3.11. The van der Waals surface area contributed by atoms with Crippen LogP contribution in [0.4, 0.5) is 5.69 Å². The van der Waals surface area contributed by atoms with E-state index in [0.717, 1.165) is 54.6 Å². The fraction of sp³-hybridized carbons (Fsp3) is 0.409. The van der Waals surface area contributed by atoms with Gasteiger partial charge in [0.2, 0.25) is 5.91 Å². The number of thiophene rings is 1. The molecule has 0 bridgehead atoms. The lowest BCUT2D eigenvalue weighted by Gasteiger charge is -2.31. The summed E-state index contributed by atoms with van der Waals surface area (Å²) in [5, 5.41) is 1.09. The summed E-state index contributed by atoms with van der Waals surface area (Å²) < 4.78 is 1.62. The second-order valence-electron chi connectivity index (χ2n) is 7.78. The zero-order valence-electron chi connectivity index (χ0n) is 16.6. The molecule has 1 aromatic carbocycles. The predicted molar refractivity (Wildman–Crippen MR) is 119 cm³/mol. The maximum Gasteiger partial charge on any atom is 0.262 e. The number of fused-ring (bicyclic) bond motifs is 4. The molecular weight excluding hydrogens is 402 g/mol. The van der Waals surface area contributed by atoms with Crippen molar-refractivity contribution in [3.63, 3.8) is 0 Å². The summed E-state index contributed by atoms with van der Waals surface area (Å²) >= 11 is 3.03. The molecule has 0 radical (unpaired) electrons. The van der Waals surface area contributed by atoms with Gasteiger partial charge < -0.3 is 4.90 Å². The van der Waals surface area contributed by atoms with E-state index in [9.17, 15) is 9.59 Å². The largest absolute Gasteiger partial charge is 0.311 e. The highest BCUT2D eigenvalue weighted by Crippen LogP contribution is 2.36. The van der Waals surface area contributed by atoms with Crippen molar-refractivity contribution in [2.75, 3.05) is 11.4 Å². The topological polar surface area (TPSA) is 55.2 Å². The highest BCUT2D eigenvalue weighted by molar-refractivity contribution is 8.00. The fourth-order valence-corrected chi connectivity index (χ4v) is 6.64. The number of carbonyl (C=O) groups excluding carboxylic acids is 1. The minimum atomic E-state index is -0.316. The monoisotopic (exact) mass is 425 g/mol. The average molecular weight is 426 g/mol. The van der Waals surface area contributed by atoms with E-state index < -0.39 is 0 Å². The van der Waals surface area contributed by atoms with E-state index in [2.05, 4.69) is 6.07 Å². The summed E-state index contributed by atoms with van der Waals surface area (Å²) in [5.74, 6) is 0.0742. The zero-order valence-corrected chi connectivity index (χ0v) is 18.2. The van der Waals surface area contributed by atoms with Crippen LogP contribution in [0.15, 0.2) is 34.2 Å². The van der Waals surface area contributed by atoms with Gasteiger partial charge in [-0.2, -0.15) is 0 Å². The van der Waals surface area contributed by atoms with E-state index >= 15 is 0 Å². The Morgan fingerprint density at radius 1 is 1.21 bits per heavy atom. The van der Waals surface area contributed by atoms with E-state index in [1.54, 1.807) is 23.0 Å². The Morgan fingerprint density at radius 2 is 2.03 bits per heavy atom. The van der Waals surface area contributed by atoms with Gasteiger partial charge in [-0.15, -0.1) is 11.3 Å². The van der Waals surface area contributed by atoms with Crippen molar-refractivity contribution in [2.24, 2.45) is 7.05 Å². The molecule has 29 heavy (non-hydrogen) atoms. The van der Waals surface area contributed by atoms with Gasteiger partial charge in [0, 0.05) is 24.2 Å². The van der Waals surface area contributed by atoms with Crippen LogP contribution in [0.1, 0.15) is 35.8 Å². The Hall–Kier alpha value is -2.12. The maximum absolute atomic E-state index is 13.2. The fourth-order valence-electron chi connectivity index (χ4n) is 4.40. The minimum absolute atomic E-state index is 0.0138. The molecule has 1 unspecified atom stereocenters. The zero-order chi connectivity index (χ0) is 20.1. The highest BCUT2D eigenvalue weighted by atomic mass is 32.2. The molecule has 0 saturated heterocycles. The van der Waals surface area contributed by atoms with Gasteiger partial charge in [-0.1, -0.05) is 30.0 Å². The van der Waals surface area contributed by atoms with Crippen molar-refractivity contribution in [3.05, 3.63) is 50.6 Å².